The topological polar surface area (TPSA) is 81.7 Å². The van der Waals surface area contributed by atoms with E-state index in [4.69, 9.17) is 9.47 Å². The van der Waals surface area contributed by atoms with Gasteiger partial charge in [0.25, 0.3) is 0 Å². The molecule has 10 atom stereocenters. The molecule has 1 amide bonds. The molecular weight excluding hydrogens is 550 g/mol. The Labute approximate surface area is 267 Å². The van der Waals surface area contributed by atoms with Crippen molar-refractivity contribution in [2.75, 3.05) is 13.2 Å². The molecule has 248 valence electrons. The Bertz CT molecular complexity index is 1160. The van der Waals surface area contributed by atoms with E-state index < -0.39 is 0 Å². The van der Waals surface area contributed by atoms with Gasteiger partial charge in [-0.25, -0.2) is 0 Å². The molecule has 5 aliphatic carbocycles. The molecule has 5 fully saturated rings. The van der Waals surface area contributed by atoms with Gasteiger partial charge in [0, 0.05) is 25.3 Å². The van der Waals surface area contributed by atoms with E-state index in [9.17, 15) is 14.4 Å². The Hall–Kier alpha value is -1.85. The first-order valence-electron chi connectivity index (χ1n) is 17.8. The van der Waals surface area contributed by atoms with Crippen molar-refractivity contribution >= 4 is 17.8 Å². The van der Waals surface area contributed by atoms with E-state index in [0.29, 0.717) is 55.6 Å². The van der Waals surface area contributed by atoms with Gasteiger partial charge in [0.15, 0.2) is 0 Å². The first-order valence-corrected chi connectivity index (χ1v) is 17.8. The van der Waals surface area contributed by atoms with Crippen molar-refractivity contribution < 1.29 is 23.9 Å². The second-order valence-corrected chi connectivity index (χ2v) is 17.0. The van der Waals surface area contributed by atoms with Gasteiger partial charge in [-0.1, -0.05) is 46.8 Å². The number of amides is 1. The van der Waals surface area contributed by atoms with Crippen LogP contribution >= 0.6 is 0 Å². The number of nitrogens with one attached hydrogen (secondary N) is 1. The van der Waals surface area contributed by atoms with Crippen LogP contribution in [0, 0.1) is 56.7 Å². The number of hydrogen-bond donors (Lipinski definition) is 1. The van der Waals surface area contributed by atoms with Crippen LogP contribution in [-0.2, 0) is 23.9 Å². The van der Waals surface area contributed by atoms with Gasteiger partial charge in [-0.05, 0) is 130 Å². The Morgan fingerprint density at radius 1 is 0.841 bits per heavy atom. The first-order chi connectivity index (χ1) is 20.6. The number of rotatable bonds is 8. The molecule has 0 aromatic heterocycles. The summed E-state index contributed by atoms with van der Waals surface area (Å²) in [5, 5.41) is 3.30. The standard InChI is InChI=1S/C38H61NO5/c1-10-43-31(41)12-11-23-39-33(42)38-20-15-26(24(2)3)32(38)27-13-14-29-35(7)18-17-30(44-25(4)40)34(5,6)28(35)16-19-37(29,9)36(27,8)21-22-38/h26-30,32H,2,10-23H2,1,3-9H3,(H,39,42)/t26-,27+,28-,29+,30-,32+,35-,36+,37+,38-/m0/s1. The molecule has 0 heterocycles. The van der Waals surface area contributed by atoms with Crippen molar-refractivity contribution in [3.63, 3.8) is 0 Å². The van der Waals surface area contributed by atoms with Gasteiger partial charge in [-0.3, -0.25) is 14.4 Å². The van der Waals surface area contributed by atoms with Gasteiger partial charge in [0.05, 0.1) is 12.0 Å². The van der Waals surface area contributed by atoms with Gasteiger partial charge in [0.2, 0.25) is 5.91 Å². The number of carbonyl (C=O) groups excluding carboxylic acids is 3. The summed E-state index contributed by atoms with van der Waals surface area (Å²) in [7, 11) is 0. The molecular formula is C38H61NO5. The first kappa shape index (κ1) is 33.5. The maximum absolute atomic E-state index is 14.2. The molecule has 0 aliphatic heterocycles. The molecule has 0 bridgehead atoms. The van der Waals surface area contributed by atoms with Crippen molar-refractivity contribution in [3.05, 3.63) is 12.2 Å². The van der Waals surface area contributed by atoms with Gasteiger partial charge in [0.1, 0.15) is 6.10 Å². The van der Waals surface area contributed by atoms with E-state index in [1.165, 1.54) is 31.3 Å². The SMILES string of the molecule is C=C(C)[C@@H]1CC[C@]2(C(=O)NCCCC(=O)OCC)CC[C@]3(C)[C@H](CC[C@@H]4[C@@]5(C)CC[C@H](OC(C)=O)C(C)(C)[C@@H]5CC[C@]43C)[C@@H]12. The zero-order chi connectivity index (χ0) is 32.3. The summed E-state index contributed by atoms with van der Waals surface area (Å²) in [5.74, 6) is 2.23. The summed E-state index contributed by atoms with van der Waals surface area (Å²) < 4.78 is 11.0. The van der Waals surface area contributed by atoms with Crippen molar-refractivity contribution in [2.45, 2.75) is 139 Å². The molecule has 44 heavy (non-hydrogen) atoms. The fourth-order valence-electron chi connectivity index (χ4n) is 12.8. The highest BCUT2D eigenvalue weighted by Crippen LogP contribution is 2.77. The molecule has 6 heteroatoms. The number of esters is 2. The number of ether oxygens (including phenoxy) is 2. The minimum atomic E-state index is -0.341. The van der Waals surface area contributed by atoms with Crippen LogP contribution in [0.15, 0.2) is 12.2 Å². The second-order valence-electron chi connectivity index (χ2n) is 17.0. The highest BCUT2D eigenvalue weighted by Gasteiger charge is 2.72. The van der Waals surface area contributed by atoms with Crippen LogP contribution in [0.4, 0.5) is 0 Å². The van der Waals surface area contributed by atoms with Gasteiger partial charge < -0.3 is 14.8 Å². The van der Waals surface area contributed by atoms with Crippen molar-refractivity contribution in [1.82, 2.24) is 5.32 Å². The lowest BCUT2D eigenvalue weighted by molar-refractivity contribution is -0.248. The highest BCUT2D eigenvalue weighted by molar-refractivity contribution is 5.84. The number of allylic oxidation sites excluding steroid dienone is 1. The van der Waals surface area contributed by atoms with Crippen molar-refractivity contribution in [1.29, 1.82) is 0 Å². The van der Waals surface area contributed by atoms with Crippen LogP contribution in [0.5, 0.6) is 0 Å². The fourth-order valence-corrected chi connectivity index (χ4v) is 12.8. The third-order valence-electron chi connectivity index (χ3n) is 14.9. The number of hydrogen-bond acceptors (Lipinski definition) is 5. The summed E-state index contributed by atoms with van der Waals surface area (Å²) in [4.78, 5) is 38.1. The van der Waals surface area contributed by atoms with E-state index in [1.807, 2.05) is 6.92 Å². The maximum Gasteiger partial charge on any atom is 0.305 e. The molecule has 6 nitrogen and oxygen atoms in total. The Kier molecular flexibility index (Phi) is 8.95. The van der Waals surface area contributed by atoms with Gasteiger partial charge in [-0.15, -0.1) is 0 Å². The third kappa shape index (κ3) is 4.98. The lowest BCUT2D eigenvalue weighted by Crippen LogP contribution is -2.67. The number of carbonyl (C=O) groups is 3. The minimum absolute atomic E-state index is 0.00438. The molecule has 0 aromatic carbocycles. The molecule has 5 rings (SSSR count). The van der Waals surface area contributed by atoms with Crippen LogP contribution in [0.2, 0.25) is 0 Å². The molecule has 0 radical (unpaired) electrons. The lowest BCUT2D eigenvalue weighted by Gasteiger charge is -2.72. The number of fused-ring (bicyclic) bond motifs is 7. The predicted octanol–water partition coefficient (Wildman–Crippen LogP) is 8.04. The largest absolute Gasteiger partial charge is 0.466 e. The van der Waals surface area contributed by atoms with E-state index in [0.717, 1.165) is 38.5 Å². The fraction of sp³-hybridized carbons (Fsp3) is 0.868. The van der Waals surface area contributed by atoms with E-state index in [2.05, 4.69) is 53.4 Å². The second kappa shape index (κ2) is 11.7. The average Bonchev–Trinajstić information content (AvgIpc) is 3.34. The summed E-state index contributed by atoms with van der Waals surface area (Å²) >= 11 is 0. The van der Waals surface area contributed by atoms with Crippen molar-refractivity contribution in [2.24, 2.45) is 56.7 Å². The smallest absolute Gasteiger partial charge is 0.305 e. The Morgan fingerprint density at radius 2 is 1.57 bits per heavy atom. The molecule has 5 saturated carbocycles. The van der Waals surface area contributed by atoms with Crippen LogP contribution in [0.25, 0.3) is 0 Å². The average molecular weight is 612 g/mol. The monoisotopic (exact) mass is 611 g/mol. The lowest BCUT2D eigenvalue weighted by atomic mass is 9.32. The van der Waals surface area contributed by atoms with Crippen molar-refractivity contribution in [3.8, 4) is 0 Å². The molecule has 5 aliphatic rings. The minimum Gasteiger partial charge on any atom is -0.466 e. The summed E-state index contributed by atoms with van der Waals surface area (Å²) in [6, 6.07) is 0. The van der Waals surface area contributed by atoms with E-state index in [-0.39, 0.29) is 51.0 Å². The molecule has 0 aromatic rings. The van der Waals surface area contributed by atoms with Crippen LogP contribution in [0.1, 0.15) is 132 Å². The van der Waals surface area contributed by atoms with Crippen LogP contribution in [0.3, 0.4) is 0 Å². The van der Waals surface area contributed by atoms with Gasteiger partial charge >= 0.3 is 11.9 Å². The quantitative estimate of drug-likeness (QED) is 0.171. The predicted molar refractivity (Wildman–Crippen MR) is 173 cm³/mol. The molecule has 1 N–H and O–H groups in total. The van der Waals surface area contributed by atoms with E-state index in [1.54, 1.807) is 6.92 Å². The Balaban J connectivity index is 1.41. The summed E-state index contributed by atoms with van der Waals surface area (Å²) in [6.45, 7) is 23.5. The zero-order valence-electron chi connectivity index (χ0n) is 29.1. The van der Waals surface area contributed by atoms with Crippen LogP contribution in [-0.4, -0.2) is 37.1 Å². The van der Waals surface area contributed by atoms with E-state index >= 15 is 0 Å². The highest BCUT2D eigenvalue weighted by atomic mass is 16.5. The zero-order valence-corrected chi connectivity index (χ0v) is 29.1. The third-order valence-corrected chi connectivity index (χ3v) is 14.9. The molecule has 0 saturated heterocycles. The van der Waals surface area contributed by atoms with Crippen LogP contribution < -0.4 is 5.32 Å². The summed E-state index contributed by atoms with van der Waals surface area (Å²) in [6.07, 6.45) is 11.8. The normalized spacial score (nSPS) is 43.8. The maximum atomic E-state index is 14.2. The Morgan fingerprint density at radius 3 is 2.23 bits per heavy atom. The molecule has 0 spiro atoms. The summed E-state index contributed by atoms with van der Waals surface area (Å²) in [5.41, 5.74) is 1.44. The molecule has 0 unspecified atom stereocenters. The van der Waals surface area contributed by atoms with Gasteiger partial charge in [-0.2, -0.15) is 0 Å².